The van der Waals surface area contributed by atoms with Crippen molar-refractivity contribution < 1.29 is 0 Å². The smallest absolute Gasteiger partial charge is 0.226 e. The molecule has 0 bridgehead atoms. The Hall–Kier alpha value is -1.68. The fourth-order valence-electron chi connectivity index (χ4n) is 3.08. The maximum Gasteiger partial charge on any atom is 0.226 e. The highest BCUT2D eigenvalue weighted by Gasteiger charge is 2.25. The van der Waals surface area contributed by atoms with E-state index in [0.717, 1.165) is 49.1 Å². The van der Waals surface area contributed by atoms with Crippen LogP contribution in [-0.2, 0) is 0 Å². The van der Waals surface area contributed by atoms with Crippen molar-refractivity contribution in [1.29, 1.82) is 0 Å². The van der Waals surface area contributed by atoms with Crippen molar-refractivity contribution in [2.75, 3.05) is 11.4 Å². The Kier molecular flexibility index (Phi) is 3.83. The maximum absolute atomic E-state index is 6.00. The molecule has 0 amide bonds. The van der Waals surface area contributed by atoms with Gasteiger partial charge in [0, 0.05) is 30.2 Å². The van der Waals surface area contributed by atoms with Crippen molar-refractivity contribution in [3.05, 3.63) is 30.5 Å². The van der Waals surface area contributed by atoms with E-state index in [1.807, 2.05) is 24.4 Å². The summed E-state index contributed by atoms with van der Waals surface area (Å²) in [4.78, 5) is 11.6. The summed E-state index contributed by atoms with van der Waals surface area (Å²) >= 11 is 0. The number of rotatable bonds is 3. The van der Waals surface area contributed by atoms with Gasteiger partial charge in [-0.15, -0.1) is 0 Å². The van der Waals surface area contributed by atoms with Gasteiger partial charge in [-0.25, -0.2) is 9.97 Å². The standard InChI is InChI=1S/C16H22N4/c1-2-20(14-9-7-13(17)8-10-14)16-18-11-12-5-3-4-6-15(12)19-16/h3-6,11,13-14H,2,7-10,17H2,1H3. The van der Waals surface area contributed by atoms with Gasteiger partial charge in [0.15, 0.2) is 0 Å². The fourth-order valence-corrected chi connectivity index (χ4v) is 3.08. The highest BCUT2D eigenvalue weighted by atomic mass is 15.3. The number of para-hydroxylation sites is 1. The third-order valence-corrected chi connectivity index (χ3v) is 4.26. The molecule has 2 N–H and O–H groups in total. The van der Waals surface area contributed by atoms with Gasteiger partial charge in [0.25, 0.3) is 0 Å². The first-order valence-corrected chi connectivity index (χ1v) is 7.52. The van der Waals surface area contributed by atoms with Gasteiger partial charge in [0.2, 0.25) is 5.95 Å². The zero-order chi connectivity index (χ0) is 13.9. The van der Waals surface area contributed by atoms with E-state index >= 15 is 0 Å². The summed E-state index contributed by atoms with van der Waals surface area (Å²) in [6.07, 6.45) is 6.43. The summed E-state index contributed by atoms with van der Waals surface area (Å²) < 4.78 is 0. The number of hydrogen-bond donors (Lipinski definition) is 1. The summed E-state index contributed by atoms with van der Waals surface area (Å²) in [6.45, 7) is 3.12. The van der Waals surface area contributed by atoms with Crippen LogP contribution in [0.2, 0.25) is 0 Å². The molecule has 0 unspecified atom stereocenters. The Labute approximate surface area is 120 Å². The quantitative estimate of drug-likeness (QED) is 0.931. The lowest BCUT2D eigenvalue weighted by Gasteiger charge is -2.35. The van der Waals surface area contributed by atoms with Crippen molar-refractivity contribution in [2.45, 2.75) is 44.7 Å². The fraction of sp³-hybridized carbons (Fsp3) is 0.500. The molecule has 1 aliphatic rings. The molecular weight excluding hydrogens is 248 g/mol. The Morgan fingerprint density at radius 2 is 1.95 bits per heavy atom. The molecule has 1 saturated carbocycles. The number of hydrogen-bond acceptors (Lipinski definition) is 4. The van der Waals surface area contributed by atoms with E-state index in [1.165, 1.54) is 0 Å². The Morgan fingerprint density at radius 1 is 1.20 bits per heavy atom. The van der Waals surface area contributed by atoms with E-state index in [1.54, 1.807) is 0 Å². The third-order valence-electron chi connectivity index (χ3n) is 4.26. The molecule has 1 aromatic heterocycles. The van der Waals surface area contributed by atoms with Crippen LogP contribution in [0.3, 0.4) is 0 Å². The van der Waals surface area contributed by atoms with E-state index in [0.29, 0.717) is 12.1 Å². The number of fused-ring (bicyclic) bond motifs is 1. The topological polar surface area (TPSA) is 55.0 Å². The molecule has 1 heterocycles. The van der Waals surface area contributed by atoms with Crippen molar-refractivity contribution in [2.24, 2.45) is 5.73 Å². The Balaban J connectivity index is 1.87. The van der Waals surface area contributed by atoms with Gasteiger partial charge in [-0.2, -0.15) is 0 Å². The molecule has 0 atom stereocenters. The van der Waals surface area contributed by atoms with Gasteiger partial charge in [-0.3, -0.25) is 0 Å². The lowest BCUT2D eigenvalue weighted by atomic mass is 9.91. The van der Waals surface area contributed by atoms with Gasteiger partial charge >= 0.3 is 0 Å². The maximum atomic E-state index is 6.00. The van der Waals surface area contributed by atoms with Crippen molar-refractivity contribution >= 4 is 16.9 Å². The van der Waals surface area contributed by atoms with Crippen molar-refractivity contribution in [1.82, 2.24) is 9.97 Å². The minimum absolute atomic E-state index is 0.377. The summed E-state index contributed by atoms with van der Waals surface area (Å²) in [7, 11) is 0. The molecule has 106 valence electrons. The van der Waals surface area contributed by atoms with Crippen LogP contribution in [0.25, 0.3) is 10.9 Å². The zero-order valence-corrected chi connectivity index (χ0v) is 12.0. The van der Waals surface area contributed by atoms with Crippen LogP contribution in [0.15, 0.2) is 30.5 Å². The van der Waals surface area contributed by atoms with E-state index in [4.69, 9.17) is 10.7 Å². The number of nitrogens with two attached hydrogens (primary N) is 1. The molecule has 1 aromatic carbocycles. The monoisotopic (exact) mass is 270 g/mol. The van der Waals surface area contributed by atoms with Gasteiger partial charge in [-0.1, -0.05) is 18.2 Å². The Bertz CT molecular complexity index is 575. The molecule has 3 rings (SSSR count). The van der Waals surface area contributed by atoms with Crippen LogP contribution < -0.4 is 10.6 Å². The lowest BCUT2D eigenvalue weighted by Crippen LogP contribution is -2.41. The van der Waals surface area contributed by atoms with Crippen molar-refractivity contribution in [3.8, 4) is 0 Å². The van der Waals surface area contributed by atoms with Crippen LogP contribution in [0, 0.1) is 0 Å². The number of aromatic nitrogens is 2. The molecule has 0 spiro atoms. The second kappa shape index (κ2) is 5.75. The predicted octanol–water partition coefficient (Wildman–Crippen LogP) is 2.73. The average molecular weight is 270 g/mol. The first-order valence-electron chi connectivity index (χ1n) is 7.52. The van der Waals surface area contributed by atoms with E-state index in [9.17, 15) is 0 Å². The molecule has 20 heavy (non-hydrogen) atoms. The molecule has 0 aliphatic heterocycles. The van der Waals surface area contributed by atoms with Crippen molar-refractivity contribution in [3.63, 3.8) is 0 Å². The van der Waals surface area contributed by atoms with Crippen LogP contribution in [0.1, 0.15) is 32.6 Å². The molecule has 1 aliphatic carbocycles. The zero-order valence-electron chi connectivity index (χ0n) is 12.0. The molecular formula is C16H22N4. The summed E-state index contributed by atoms with van der Waals surface area (Å²) in [6, 6.07) is 9.05. The number of benzene rings is 1. The lowest BCUT2D eigenvalue weighted by molar-refractivity contribution is 0.375. The van der Waals surface area contributed by atoms with Gasteiger partial charge < -0.3 is 10.6 Å². The summed E-state index contributed by atoms with van der Waals surface area (Å²) in [5.74, 6) is 0.853. The average Bonchev–Trinajstić information content (AvgIpc) is 2.50. The second-order valence-corrected chi connectivity index (χ2v) is 5.58. The molecule has 1 fully saturated rings. The van der Waals surface area contributed by atoms with E-state index < -0.39 is 0 Å². The van der Waals surface area contributed by atoms with Gasteiger partial charge in [0.1, 0.15) is 0 Å². The normalized spacial score (nSPS) is 22.9. The van der Waals surface area contributed by atoms with E-state index in [-0.39, 0.29) is 0 Å². The first-order chi connectivity index (χ1) is 9.78. The summed E-state index contributed by atoms with van der Waals surface area (Å²) in [5, 5.41) is 1.10. The third kappa shape index (κ3) is 2.61. The molecule has 0 radical (unpaired) electrons. The second-order valence-electron chi connectivity index (χ2n) is 5.58. The van der Waals surface area contributed by atoms with Crippen LogP contribution in [0.4, 0.5) is 5.95 Å². The first kappa shape index (κ1) is 13.3. The van der Waals surface area contributed by atoms with Crippen LogP contribution in [-0.4, -0.2) is 28.6 Å². The van der Waals surface area contributed by atoms with Gasteiger partial charge in [-0.05, 0) is 38.7 Å². The minimum Gasteiger partial charge on any atom is -0.338 e. The molecule has 4 nitrogen and oxygen atoms in total. The van der Waals surface area contributed by atoms with Crippen LogP contribution in [0.5, 0.6) is 0 Å². The number of anilines is 1. The molecule has 4 heteroatoms. The highest BCUT2D eigenvalue weighted by Crippen LogP contribution is 2.25. The SMILES string of the molecule is CCN(c1ncc2ccccc2n1)C1CCC(N)CC1. The molecule has 0 saturated heterocycles. The minimum atomic E-state index is 0.377. The number of nitrogens with zero attached hydrogens (tertiary/aromatic N) is 3. The van der Waals surface area contributed by atoms with Gasteiger partial charge in [0.05, 0.1) is 5.52 Å². The summed E-state index contributed by atoms with van der Waals surface area (Å²) in [5.41, 5.74) is 7.02. The van der Waals surface area contributed by atoms with Crippen LogP contribution >= 0.6 is 0 Å². The Morgan fingerprint density at radius 3 is 2.70 bits per heavy atom. The molecule has 2 aromatic rings. The highest BCUT2D eigenvalue weighted by molar-refractivity contribution is 5.78. The van der Waals surface area contributed by atoms with E-state index in [2.05, 4.69) is 22.9 Å². The predicted molar refractivity (Wildman–Crippen MR) is 82.8 cm³/mol. The largest absolute Gasteiger partial charge is 0.338 e.